The summed E-state index contributed by atoms with van der Waals surface area (Å²) in [6.07, 6.45) is -4.26. The van der Waals surface area contributed by atoms with E-state index in [4.69, 9.17) is 0 Å². The molecule has 0 fully saturated rings. The number of hydrogen-bond acceptors (Lipinski definition) is 1. The summed E-state index contributed by atoms with van der Waals surface area (Å²) in [5.74, 6) is -0.941. The molecule has 0 radical (unpaired) electrons. The minimum atomic E-state index is -4.62. The van der Waals surface area contributed by atoms with Gasteiger partial charge in [-0.2, -0.15) is 13.2 Å². The van der Waals surface area contributed by atoms with Gasteiger partial charge in [0.25, 0.3) is 0 Å². The quantitative estimate of drug-likeness (QED) is 0.792. The third-order valence-corrected chi connectivity index (χ3v) is 2.36. The van der Waals surface area contributed by atoms with Crippen LogP contribution in [-0.4, -0.2) is 11.2 Å². The van der Waals surface area contributed by atoms with Gasteiger partial charge in [0.1, 0.15) is 5.82 Å². The van der Waals surface area contributed by atoms with Gasteiger partial charge in [-0.25, -0.2) is 4.39 Å². The first-order chi connectivity index (χ1) is 7.71. The van der Waals surface area contributed by atoms with Crippen molar-refractivity contribution >= 4 is 6.08 Å². The first-order valence-corrected chi connectivity index (χ1v) is 4.95. The van der Waals surface area contributed by atoms with E-state index in [1.165, 1.54) is 19.9 Å². The molecule has 1 rings (SSSR count). The van der Waals surface area contributed by atoms with Gasteiger partial charge >= 0.3 is 6.18 Å². The highest BCUT2D eigenvalue weighted by molar-refractivity contribution is 5.57. The molecule has 1 N–H and O–H groups in total. The lowest BCUT2D eigenvalue weighted by Gasteiger charge is -2.12. The summed E-state index contributed by atoms with van der Waals surface area (Å²) in [7, 11) is 0. The van der Waals surface area contributed by atoms with Crippen molar-refractivity contribution < 1.29 is 22.7 Å². The molecule has 0 heterocycles. The van der Waals surface area contributed by atoms with E-state index in [1.54, 1.807) is 0 Å². The lowest BCUT2D eigenvalue weighted by molar-refractivity contribution is -0.137. The Morgan fingerprint density at radius 1 is 1.35 bits per heavy atom. The molecule has 0 saturated carbocycles. The van der Waals surface area contributed by atoms with Gasteiger partial charge in [-0.15, -0.1) is 0 Å². The fraction of sp³-hybridized carbons (Fsp3) is 0.333. The molecule has 5 heteroatoms. The number of aliphatic hydroxyl groups is 1. The van der Waals surface area contributed by atoms with Gasteiger partial charge in [-0.3, -0.25) is 0 Å². The van der Waals surface area contributed by atoms with E-state index < -0.39 is 23.7 Å². The van der Waals surface area contributed by atoms with Crippen molar-refractivity contribution in [1.82, 2.24) is 0 Å². The van der Waals surface area contributed by atoms with Crippen LogP contribution in [-0.2, 0) is 6.18 Å². The first-order valence-electron chi connectivity index (χ1n) is 4.95. The van der Waals surface area contributed by atoms with Crippen molar-refractivity contribution in [1.29, 1.82) is 0 Å². The molecule has 1 aromatic rings. The highest BCUT2D eigenvalue weighted by Gasteiger charge is 2.33. The highest BCUT2D eigenvalue weighted by atomic mass is 19.4. The monoisotopic (exact) mass is 248 g/mol. The van der Waals surface area contributed by atoms with Crippen LogP contribution in [0.2, 0.25) is 0 Å². The summed E-state index contributed by atoms with van der Waals surface area (Å²) in [4.78, 5) is 0. The zero-order valence-electron chi connectivity index (χ0n) is 9.35. The van der Waals surface area contributed by atoms with Gasteiger partial charge in [0, 0.05) is 0 Å². The van der Waals surface area contributed by atoms with Gasteiger partial charge in [0.15, 0.2) is 0 Å². The Morgan fingerprint density at radius 3 is 2.41 bits per heavy atom. The molecule has 0 amide bonds. The molecule has 1 atom stereocenters. The number of alkyl halides is 3. The van der Waals surface area contributed by atoms with E-state index in [9.17, 15) is 22.7 Å². The van der Waals surface area contributed by atoms with Gasteiger partial charge in [-0.1, -0.05) is 12.1 Å². The standard InChI is InChI=1S/C12H12F4O/c1-7(8(2)17)5-9-3-4-10(13)6-11(9)12(14,15)16/h3-6,8,17H,1-2H3/b7-5+. The second-order valence-electron chi connectivity index (χ2n) is 3.79. The topological polar surface area (TPSA) is 20.2 Å². The van der Waals surface area contributed by atoms with Crippen LogP contribution < -0.4 is 0 Å². The summed E-state index contributed by atoms with van der Waals surface area (Å²) >= 11 is 0. The lowest BCUT2D eigenvalue weighted by atomic mass is 10.0. The molecule has 0 aromatic heterocycles. The summed E-state index contributed by atoms with van der Waals surface area (Å²) < 4.78 is 50.7. The van der Waals surface area contributed by atoms with Crippen LogP contribution >= 0.6 is 0 Å². The Labute approximate surface area is 96.4 Å². The SMILES string of the molecule is C/C(=C\c1ccc(F)cc1C(F)(F)F)C(C)O. The number of rotatable bonds is 2. The van der Waals surface area contributed by atoms with Crippen LogP contribution in [0.15, 0.2) is 23.8 Å². The maximum absolute atomic E-state index is 12.8. The summed E-state index contributed by atoms with van der Waals surface area (Å²) in [5, 5.41) is 9.21. The van der Waals surface area contributed by atoms with E-state index in [0.29, 0.717) is 11.6 Å². The molecule has 94 valence electrons. The summed E-state index contributed by atoms with van der Waals surface area (Å²) in [6, 6.07) is 2.45. The second-order valence-corrected chi connectivity index (χ2v) is 3.79. The molecule has 1 unspecified atom stereocenters. The van der Waals surface area contributed by atoms with E-state index in [1.807, 2.05) is 0 Å². The molecule has 17 heavy (non-hydrogen) atoms. The van der Waals surface area contributed by atoms with E-state index >= 15 is 0 Å². The molecule has 1 aromatic carbocycles. The average Bonchev–Trinajstić information content (AvgIpc) is 2.18. The van der Waals surface area contributed by atoms with E-state index in [2.05, 4.69) is 0 Å². The van der Waals surface area contributed by atoms with Crippen LogP contribution in [0.4, 0.5) is 17.6 Å². The molecular weight excluding hydrogens is 236 g/mol. The number of benzene rings is 1. The normalized spacial score (nSPS) is 14.9. The maximum atomic E-state index is 12.8. The Hall–Kier alpha value is -1.36. The van der Waals surface area contributed by atoms with Crippen molar-refractivity contribution in [3.8, 4) is 0 Å². The van der Waals surface area contributed by atoms with Gasteiger partial charge in [0.2, 0.25) is 0 Å². The van der Waals surface area contributed by atoms with Crippen LogP contribution in [0.25, 0.3) is 6.08 Å². The van der Waals surface area contributed by atoms with Crippen LogP contribution in [0.3, 0.4) is 0 Å². The first kappa shape index (κ1) is 13.7. The van der Waals surface area contributed by atoms with Crippen LogP contribution in [0.5, 0.6) is 0 Å². The summed E-state index contributed by atoms with van der Waals surface area (Å²) in [5.41, 5.74) is -0.822. The molecule has 0 saturated heterocycles. The third-order valence-electron chi connectivity index (χ3n) is 2.36. The minimum absolute atomic E-state index is 0.155. The third kappa shape index (κ3) is 3.56. The van der Waals surface area contributed by atoms with Crippen molar-refractivity contribution in [2.45, 2.75) is 26.1 Å². The van der Waals surface area contributed by atoms with Crippen molar-refractivity contribution in [2.75, 3.05) is 0 Å². The highest BCUT2D eigenvalue weighted by Crippen LogP contribution is 2.33. The maximum Gasteiger partial charge on any atom is 0.417 e. The van der Waals surface area contributed by atoms with Crippen molar-refractivity contribution in [2.24, 2.45) is 0 Å². The lowest BCUT2D eigenvalue weighted by Crippen LogP contribution is -2.09. The predicted octanol–water partition coefficient (Wildman–Crippen LogP) is 3.63. The van der Waals surface area contributed by atoms with Crippen molar-refractivity contribution in [3.05, 3.63) is 40.7 Å². The van der Waals surface area contributed by atoms with Gasteiger partial charge < -0.3 is 5.11 Å². The fourth-order valence-electron chi connectivity index (χ4n) is 1.27. The zero-order valence-corrected chi connectivity index (χ0v) is 9.35. The molecule has 0 spiro atoms. The van der Waals surface area contributed by atoms with Crippen LogP contribution in [0, 0.1) is 5.82 Å². The average molecular weight is 248 g/mol. The fourth-order valence-corrected chi connectivity index (χ4v) is 1.27. The predicted molar refractivity (Wildman–Crippen MR) is 56.7 cm³/mol. The molecule has 0 aliphatic rings. The Morgan fingerprint density at radius 2 is 1.94 bits per heavy atom. The van der Waals surface area contributed by atoms with Crippen LogP contribution in [0.1, 0.15) is 25.0 Å². The van der Waals surface area contributed by atoms with Gasteiger partial charge in [-0.05, 0) is 37.1 Å². The Kier molecular flexibility index (Phi) is 3.93. The van der Waals surface area contributed by atoms with E-state index in [0.717, 1.165) is 12.1 Å². The molecular formula is C12H12F4O. The number of hydrogen-bond donors (Lipinski definition) is 1. The molecule has 0 bridgehead atoms. The summed E-state index contributed by atoms with van der Waals surface area (Å²) in [6.45, 7) is 2.96. The smallest absolute Gasteiger partial charge is 0.389 e. The Bertz CT molecular complexity index is 433. The molecule has 1 nitrogen and oxygen atoms in total. The Balaban J connectivity index is 3.30. The van der Waals surface area contributed by atoms with Gasteiger partial charge in [0.05, 0.1) is 11.7 Å². The zero-order chi connectivity index (χ0) is 13.2. The minimum Gasteiger partial charge on any atom is -0.389 e. The number of halogens is 4. The number of aliphatic hydroxyl groups excluding tert-OH is 1. The van der Waals surface area contributed by atoms with E-state index in [-0.39, 0.29) is 5.56 Å². The molecule has 0 aliphatic heterocycles. The van der Waals surface area contributed by atoms with Crippen molar-refractivity contribution in [3.63, 3.8) is 0 Å². The molecule has 0 aliphatic carbocycles. The largest absolute Gasteiger partial charge is 0.417 e. The second kappa shape index (κ2) is 4.87.